The summed E-state index contributed by atoms with van der Waals surface area (Å²) < 4.78 is 0. The lowest BCUT2D eigenvalue weighted by Gasteiger charge is -2.35. The van der Waals surface area contributed by atoms with Crippen molar-refractivity contribution in [2.75, 3.05) is 27.2 Å². The molecule has 0 spiro atoms. The highest BCUT2D eigenvalue weighted by atomic mass is 15.3. The van der Waals surface area contributed by atoms with E-state index in [9.17, 15) is 0 Å². The first-order valence-corrected chi connectivity index (χ1v) is 5.88. The minimum absolute atomic E-state index is 0.295. The smallest absolute Gasteiger partial charge is 0.0622 e. The molecule has 0 bridgehead atoms. The highest BCUT2D eigenvalue weighted by molar-refractivity contribution is 4.81. The SMILES string of the molecule is CCCC(C)(C)C(NC)NCCNNC. The van der Waals surface area contributed by atoms with Crippen LogP contribution in [0.15, 0.2) is 0 Å². The molecule has 0 aliphatic carbocycles. The van der Waals surface area contributed by atoms with E-state index in [-0.39, 0.29) is 0 Å². The molecule has 0 saturated carbocycles. The molecule has 1 unspecified atom stereocenters. The van der Waals surface area contributed by atoms with E-state index in [1.54, 1.807) is 0 Å². The summed E-state index contributed by atoms with van der Waals surface area (Å²) in [5, 5.41) is 6.86. The van der Waals surface area contributed by atoms with Gasteiger partial charge >= 0.3 is 0 Å². The predicted octanol–water partition coefficient (Wildman–Crippen LogP) is 0.672. The first kappa shape index (κ1) is 14.8. The third-order valence-corrected chi connectivity index (χ3v) is 2.74. The van der Waals surface area contributed by atoms with Gasteiger partial charge in [0, 0.05) is 13.1 Å². The molecule has 0 aliphatic heterocycles. The van der Waals surface area contributed by atoms with Gasteiger partial charge in [-0.15, -0.1) is 0 Å². The standard InChI is InChI=1S/C11H28N4/c1-6-7-11(2,3)10(12-4)14-8-9-15-13-5/h10,12-15H,6-9H2,1-5H3. The number of hydrogen-bond acceptors (Lipinski definition) is 4. The zero-order valence-corrected chi connectivity index (χ0v) is 10.9. The zero-order chi connectivity index (χ0) is 11.7. The molecular weight excluding hydrogens is 188 g/mol. The first-order valence-electron chi connectivity index (χ1n) is 5.88. The molecule has 0 fully saturated rings. The van der Waals surface area contributed by atoms with Crippen molar-refractivity contribution in [1.82, 2.24) is 21.5 Å². The summed E-state index contributed by atoms with van der Waals surface area (Å²) in [6, 6.07) is 0. The lowest BCUT2D eigenvalue weighted by atomic mass is 9.84. The topological polar surface area (TPSA) is 48.1 Å². The molecule has 0 aromatic rings. The summed E-state index contributed by atoms with van der Waals surface area (Å²) in [5.74, 6) is 0. The van der Waals surface area contributed by atoms with Gasteiger partial charge < -0.3 is 10.6 Å². The largest absolute Gasteiger partial charge is 0.305 e. The van der Waals surface area contributed by atoms with Crippen molar-refractivity contribution in [3.8, 4) is 0 Å². The Balaban J connectivity index is 3.89. The Hall–Kier alpha value is -0.160. The molecule has 0 amide bonds. The van der Waals surface area contributed by atoms with Crippen LogP contribution in [-0.2, 0) is 0 Å². The molecule has 4 heteroatoms. The van der Waals surface area contributed by atoms with Crippen molar-refractivity contribution >= 4 is 0 Å². The van der Waals surface area contributed by atoms with Gasteiger partial charge in [-0.2, -0.15) is 0 Å². The minimum atomic E-state index is 0.295. The fraction of sp³-hybridized carbons (Fsp3) is 1.00. The van der Waals surface area contributed by atoms with E-state index in [0.29, 0.717) is 11.6 Å². The second kappa shape index (κ2) is 8.05. The van der Waals surface area contributed by atoms with Gasteiger partial charge in [0.25, 0.3) is 0 Å². The van der Waals surface area contributed by atoms with Crippen molar-refractivity contribution in [3.05, 3.63) is 0 Å². The van der Waals surface area contributed by atoms with Gasteiger partial charge in [0.1, 0.15) is 0 Å². The maximum Gasteiger partial charge on any atom is 0.0622 e. The predicted molar refractivity (Wildman–Crippen MR) is 66.6 cm³/mol. The van der Waals surface area contributed by atoms with E-state index < -0.39 is 0 Å². The molecule has 0 heterocycles. The third-order valence-electron chi connectivity index (χ3n) is 2.74. The Bertz CT molecular complexity index is 148. The molecule has 0 aliphatic rings. The van der Waals surface area contributed by atoms with Crippen LogP contribution in [0.1, 0.15) is 33.6 Å². The van der Waals surface area contributed by atoms with Gasteiger partial charge in [0.2, 0.25) is 0 Å². The van der Waals surface area contributed by atoms with Crippen molar-refractivity contribution in [2.45, 2.75) is 39.8 Å². The normalized spacial score (nSPS) is 14.2. The molecule has 0 aromatic heterocycles. The van der Waals surface area contributed by atoms with Crippen LogP contribution < -0.4 is 21.5 Å². The average molecular weight is 216 g/mol. The fourth-order valence-corrected chi connectivity index (χ4v) is 1.96. The number of rotatable bonds is 9. The molecule has 0 saturated heterocycles. The molecule has 4 nitrogen and oxygen atoms in total. The second-order valence-electron chi connectivity index (χ2n) is 4.59. The van der Waals surface area contributed by atoms with Gasteiger partial charge in [-0.1, -0.05) is 27.2 Å². The van der Waals surface area contributed by atoms with Crippen molar-refractivity contribution in [1.29, 1.82) is 0 Å². The van der Waals surface area contributed by atoms with Crippen LogP contribution in [0.3, 0.4) is 0 Å². The summed E-state index contributed by atoms with van der Waals surface area (Å²) >= 11 is 0. The molecule has 1 atom stereocenters. The maximum atomic E-state index is 3.52. The van der Waals surface area contributed by atoms with E-state index in [2.05, 4.69) is 42.3 Å². The Morgan fingerprint density at radius 1 is 1.13 bits per heavy atom. The lowest BCUT2D eigenvalue weighted by molar-refractivity contribution is 0.195. The summed E-state index contributed by atoms with van der Waals surface area (Å²) in [6.07, 6.45) is 2.82. The van der Waals surface area contributed by atoms with E-state index >= 15 is 0 Å². The van der Waals surface area contributed by atoms with Gasteiger partial charge in [0.05, 0.1) is 6.17 Å². The summed E-state index contributed by atoms with van der Waals surface area (Å²) in [5.41, 5.74) is 6.28. The van der Waals surface area contributed by atoms with Gasteiger partial charge in [-0.3, -0.25) is 10.9 Å². The van der Waals surface area contributed by atoms with Crippen molar-refractivity contribution in [3.63, 3.8) is 0 Å². The van der Waals surface area contributed by atoms with Crippen molar-refractivity contribution < 1.29 is 0 Å². The van der Waals surface area contributed by atoms with Crippen LogP contribution in [0.5, 0.6) is 0 Å². The van der Waals surface area contributed by atoms with Gasteiger partial charge in [0.15, 0.2) is 0 Å². The highest BCUT2D eigenvalue weighted by Gasteiger charge is 2.26. The van der Waals surface area contributed by atoms with Gasteiger partial charge in [-0.05, 0) is 25.9 Å². The molecule has 92 valence electrons. The first-order chi connectivity index (χ1) is 7.08. The van der Waals surface area contributed by atoms with E-state index in [1.807, 2.05) is 14.1 Å². The molecular formula is C11H28N4. The summed E-state index contributed by atoms with van der Waals surface area (Å²) in [4.78, 5) is 0. The average Bonchev–Trinajstić information content (AvgIpc) is 2.17. The monoisotopic (exact) mass is 216 g/mol. The van der Waals surface area contributed by atoms with Crippen LogP contribution in [0.2, 0.25) is 0 Å². The Labute approximate surface area is 94.6 Å². The molecule has 0 rings (SSSR count). The summed E-state index contributed by atoms with van der Waals surface area (Å²) in [6.45, 7) is 8.72. The third kappa shape index (κ3) is 6.10. The second-order valence-corrected chi connectivity index (χ2v) is 4.59. The van der Waals surface area contributed by atoms with Crippen LogP contribution in [0, 0.1) is 5.41 Å². The van der Waals surface area contributed by atoms with Crippen LogP contribution in [0.4, 0.5) is 0 Å². The Kier molecular flexibility index (Phi) is 7.96. The summed E-state index contributed by atoms with van der Waals surface area (Å²) in [7, 11) is 3.90. The lowest BCUT2D eigenvalue weighted by Crippen LogP contribution is -2.52. The Morgan fingerprint density at radius 3 is 2.27 bits per heavy atom. The zero-order valence-electron chi connectivity index (χ0n) is 10.9. The van der Waals surface area contributed by atoms with E-state index in [0.717, 1.165) is 13.1 Å². The molecule has 15 heavy (non-hydrogen) atoms. The number of hydrogen-bond donors (Lipinski definition) is 4. The number of nitrogens with one attached hydrogen (secondary N) is 4. The maximum absolute atomic E-state index is 3.52. The van der Waals surface area contributed by atoms with Crippen molar-refractivity contribution in [2.24, 2.45) is 5.41 Å². The molecule has 4 N–H and O–H groups in total. The Morgan fingerprint density at radius 2 is 1.80 bits per heavy atom. The van der Waals surface area contributed by atoms with Gasteiger partial charge in [-0.25, -0.2) is 0 Å². The van der Waals surface area contributed by atoms with Crippen LogP contribution >= 0.6 is 0 Å². The fourth-order valence-electron chi connectivity index (χ4n) is 1.96. The van der Waals surface area contributed by atoms with E-state index in [1.165, 1.54) is 12.8 Å². The van der Waals surface area contributed by atoms with Crippen LogP contribution in [0.25, 0.3) is 0 Å². The van der Waals surface area contributed by atoms with Crippen LogP contribution in [-0.4, -0.2) is 33.4 Å². The minimum Gasteiger partial charge on any atom is -0.305 e. The molecule has 0 aromatic carbocycles. The molecule has 0 radical (unpaired) electrons. The highest BCUT2D eigenvalue weighted by Crippen LogP contribution is 2.25. The quantitative estimate of drug-likeness (QED) is 0.260. The number of hydrazine groups is 1. The van der Waals surface area contributed by atoms with E-state index in [4.69, 9.17) is 0 Å².